The number of benzene rings is 1. The quantitative estimate of drug-likeness (QED) is 0.845. The van der Waals surface area contributed by atoms with Gasteiger partial charge in [0.15, 0.2) is 11.5 Å². The molecule has 1 N–H and O–H groups in total. The number of carboxylic acid groups (broad SMARTS) is 1. The third-order valence-corrected chi connectivity index (χ3v) is 2.73. The second-order valence-electron chi connectivity index (χ2n) is 4.02. The standard InChI is InChI=1S/C13H11ClN2O2/c1-7-3-4-9(8(2)5-7)12-15-10(13(17)18)6-11(14)16-12/h3-6H,1-2H3,(H,17,18). The molecule has 0 unspecified atom stereocenters. The van der Waals surface area contributed by atoms with Crippen LogP contribution in [0.15, 0.2) is 24.3 Å². The highest BCUT2D eigenvalue weighted by molar-refractivity contribution is 6.29. The fraction of sp³-hybridized carbons (Fsp3) is 0.154. The molecule has 0 bridgehead atoms. The Morgan fingerprint density at radius 3 is 2.56 bits per heavy atom. The molecule has 5 heteroatoms. The van der Waals surface area contributed by atoms with Crippen LogP contribution < -0.4 is 0 Å². The van der Waals surface area contributed by atoms with E-state index in [1.807, 2.05) is 32.0 Å². The van der Waals surface area contributed by atoms with Crippen LogP contribution >= 0.6 is 11.6 Å². The van der Waals surface area contributed by atoms with Crippen LogP contribution in [-0.4, -0.2) is 21.0 Å². The molecule has 2 aromatic rings. The lowest BCUT2D eigenvalue weighted by molar-refractivity contribution is 0.0690. The number of halogens is 1. The van der Waals surface area contributed by atoms with E-state index in [9.17, 15) is 4.79 Å². The Hall–Kier alpha value is -1.94. The van der Waals surface area contributed by atoms with Crippen LogP contribution in [0.5, 0.6) is 0 Å². The van der Waals surface area contributed by atoms with Crippen LogP contribution in [0.4, 0.5) is 0 Å². The minimum absolute atomic E-state index is 0.107. The number of hydrogen-bond donors (Lipinski definition) is 1. The maximum Gasteiger partial charge on any atom is 0.354 e. The van der Waals surface area contributed by atoms with Gasteiger partial charge in [-0.25, -0.2) is 14.8 Å². The van der Waals surface area contributed by atoms with E-state index in [0.717, 1.165) is 16.7 Å². The normalized spacial score (nSPS) is 10.4. The molecule has 1 aromatic heterocycles. The first-order valence-corrected chi connectivity index (χ1v) is 5.70. The molecule has 0 aliphatic carbocycles. The van der Waals surface area contributed by atoms with Crippen molar-refractivity contribution >= 4 is 17.6 Å². The van der Waals surface area contributed by atoms with Gasteiger partial charge in [-0.05, 0) is 19.4 Å². The lowest BCUT2D eigenvalue weighted by Gasteiger charge is -2.06. The number of carboxylic acids is 1. The van der Waals surface area contributed by atoms with E-state index in [-0.39, 0.29) is 10.8 Å². The molecule has 18 heavy (non-hydrogen) atoms. The van der Waals surface area contributed by atoms with Gasteiger partial charge < -0.3 is 5.11 Å². The highest BCUT2D eigenvalue weighted by atomic mass is 35.5. The van der Waals surface area contributed by atoms with Crippen molar-refractivity contribution in [2.45, 2.75) is 13.8 Å². The van der Waals surface area contributed by atoms with E-state index in [1.54, 1.807) is 0 Å². The van der Waals surface area contributed by atoms with Crippen LogP contribution in [0, 0.1) is 13.8 Å². The van der Waals surface area contributed by atoms with E-state index in [0.29, 0.717) is 5.82 Å². The Kier molecular flexibility index (Phi) is 3.30. The molecule has 0 fully saturated rings. The van der Waals surface area contributed by atoms with Crippen LogP contribution in [0.3, 0.4) is 0 Å². The Bertz CT molecular complexity index is 626. The average molecular weight is 263 g/mol. The lowest BCUT2D eigenvalue weighted by Crippen LogP contribution is -2.03. The molecule has 0 atom stereocenters. The van der Waals surface area contributed by atoms with Crippen molar-refractivity contribution in [3.05, 3.63) is 46.2 Å². The minimum atomic E-state index is -1.12. The van der Waals surface area contributed by atoms with Gasteiger partial charge in [0, 0.05) is 11.6 Å². The van der Waals surface area contributed by atoms with Crippen molar-refractivity contribution < 1.29 is 9.90 Å². The first-order valence-electron chi connectivity index (χ1n) is 5.33. The molecular formula is C13H11ClN2O2. The summed E-state index contributed by atoms with van der Waals surface area (Å²) in [5.74, 6) is -0.789. The molecule has 1 aromatic carbocycles. The summed E-state index contributed by atoms with van der Waals surface area (Å²) in [5, 5.41) is 9.07. The molecule has 2 rings (SSSR count). The maximum absolute atomic E-state index is 10.9. The predicted molar refractivity (Wildman–Crippen MR) is 68.9 cm³/mol. The largest absolute Gasteiger partial charge is 0.477 e. The predicted octanol–water partition coefficient (Wildman–Crippen LogP) is 3.11. The van der Waals surface area contributed by atoms with Gasteiger partial charge in [-0.1, -0.05) is 35.4 Å². The SMILES string of the molecule is Cc1ccc(-c2nc(Cl)cc(C(=O)O)n2)c(C)c1. The Morgan fingerprint density at radius 2 is 1.94 bits per heavy atom. The van der Waals surface area contributed by atoms with Crippen LogP contribution in [-0.2, 0) is 0 Å². The molecule has 0 spiro atoms. The summed E-state index contributed by atoms with van der Waals surface area (Å²) in [6.07, 6.45) is 0. The fourth-order valence-corrected chi connectivity index (χ4v) is 1.90. The lowest BCUT2D eigenvalue weighted by atomic mass is 10.1. The number of aromatic carboxylic acids is 1. The van der Waals surface area contributed by atoms with Crippen molar-refractivity contribution in [1.82, 2.24) is 9.97 Å². The van der Waals surface area contributed by atoms with Gasteiger partial charge in [-0.3, -0.25) is 0 Å². The first kappa shape index (κ1) is 12.5. The number of nitrogens with zero attached hydrogens (tertiary/aromatic N) is 2. The number of rotatable bonds is 2. The van der Waals surface area contributed by atoms with Gasteiger partial charge in [0.1, 0.15) is 5.15 Å². The number of aromatic nitrogens is 2. The van der Waals surface area contributed by atoms with Crippen LogP contribution in [0.25, 0.3) is 11.4 Å². The zero-order valence-corrected chi connectivity index (χ0v) is 10.7. The maximum atomic E-state index is 10.9. The highest BCUT2D eigenvalue weighted by Crippen LogP contribution is 2.22. The molecule has 0 aliphatic heterocycles. The number of hydrogen-bond acceptors (Lipinski definition) is 3. The molecule has 0 amide bonds. The van der Waals surface area contributed by atoms with Gasteiger partial charge in [0.25, 0.3) is 0 Å². The summed E-state index contributed by atoms with van der Waals surface area (Å²) in [6.45, 7) is 3.91. The van der Waals surface area contributed by atoms with Gasteiger partial charge >= 0.3 is 5.97 Å². The van der Waals surface area contributed by atoms with Crippen molar-refractivity contribution in [1.29, 1.82) is 0 Å². The Morgan fingerprint density at radius 1 is 1.22 bits per heavy atom. The first-order chi connectivity index (χ1) is 8.47. The second kappa shape index (κ2) is 4.74. The number of carbonyl (C=O) groups is 1. The molecule has 92 valence electrons. The highest BCUT2D eigenvalue weighted by Gasteiger charge is 2.12. The topological polar surface area (TPSA) is 63.1 Å². The summed E-state index contributed by atoms with van der Waals surface area (Å²) in [5.41, 5.74) is 2.78. The summed E-state index contributed by atoms with van der Waals surface area (Å²) in [7, 11) is 0. The van der Waals surface area contributed by atoms with Gasteiger partial charge in [0.05, 0.1) is 0 Å². The molecule has 0 saturated carbocycles. The Labute approximate surface area is 109 Å². The molecule has 1 heterocycles. The van der Waals surface area contributed by atoms with E-state index in [4.69, 9.17) is 16.7 Å². The van der Waals surface area contributed by atoms with Crippen LogP contribution in [0.2, 0.25) is 5.15 Å². The molecule has 4 nitrogen and oxygen atoms in total. The van der Waals surface area contributed by atoms with E-state index in [2.05, 4.69) is 9.97 Å². The van der Waals surface area contributed by atoms with Gasteiger partial charge in [-0.2, -0.15) is 0 Å². The third kappa shape index (κ3) is 2.49. The minimum Gasteiger partial charge on any atom is -0.477 e. The van der Waals surface area contributed by atoms with Crippen LogP contribution in [0.1, 0.15) is 21.6 Å². The van der Waals surface area contributed by atoms with Crippen molar-refractivity contribution in [3.8, 4) is 11.4 Å². The summed E-state index contributed by atoms with van der Waals surface area (Å²) in [4.78, 5) is 19.0. The van der Waals surface area contributed by atoms with E-state index >= 15 is 0 Å². The zero-order chi connectivity index (χ0) is 13.3. The number of aryl methyl sites for hydroxylation is 2. The smallest absolute Gasteiger partial charge is 0.354 e. The van der Waals surface area contributed by atoms with Crippen molar-refractivity contribution in [3.63, 3.8) is 0 Å². The molecular weight excluding hydrogens is 252 g/mol. The summed E-state index contributed by atoms with van der Waals surface area (Å²) in [6, 6.07) is 7.01. The van der Waals surface area contributed by atoms with Gasteiger partial charge in [0.2, 0.25) is 0 Å². The van der Waals surface area contributed by atoms with Crippen molar-refractivity contribution in [2.75, 3.05) is 0 Å². The summed E-state index contributed by atoms with van der Waals surface area (Å²) >= 11 is 5.81. The summed E-state index contributed by atoms with van der Waals surface area (Å²) < 4.78 is 0. The average Bonchev–Trinajstić information content (AvgIpc) is 2.27. The fourth-order valence-electron chi connectivity index (χ4n) is 1.71. The zero-order valence-electron chi connectivity index (χ0n) is 9.94. The molecule has 0 aliphatic rings. The van der Waals surface area contributed by atoms with E-state index in [1.165, 1.54) is 6.07 Å². The Balaban J connectivity index is 2.60. The monoisotopic (exact) mass is 262 g/mol. The molecule has 0 radical (unpaired) electrons. The molecule has 0 saturated heterocycles. The van der Waals surface area contributed by atoms with Crippen molar-refractivity contribution in [2.24, 2.45) is 0 Å². The third-order valence-electron chi connectivity index (χ3n) is 2.54. The second-order valence-corrected chi connectivity index (χ2v) is 4.41. The van der Waals surface area contributed by atoms with Gasteiger partial charge in [-0.15, -0.1) is 0 Å². The van der Waals surface area contributed by atoms with E-state index < -0.39 is 5.97 Å².